The smallest absolute Gasteiger partial charge is 0.238 e. The summed E-state index contributed by atoms with van der Waals surface area (Å²) in [4.78, 5) is 11.8. The lowest BCUT2D eigenvalue weighted by molar-refractivity contribution is -0.116. The average Bonchev–Trinajstić information content (AvgIpc) is 2.44. The fourth-order valence-electron chi connectivity index (χ4n) is 1.67. The summed E-state index contributed by atoms with van der Waals surface area (Å²) in [7, 11) is 4.60. The maximum absolute atomic E-state index is 12.0. The van der Waals surface area contributed by atoms with E-state index in [1.165, 1.54) is 21.3 Å². The molecule has 0 aromatic heterocycles. The number of amides is 1. The number of hydrogen-bond donors (Lipinski definition) is 1. The number of rotatable bonds is 6. The Morgan fingerprint density at radius 1 is 1.10 bits per heavy atom. The van der Waals surface area contributed by atoms with Crippen LogP contribution in [0.4, 0.5) is 5.69 Å². The van der Waals surface area contributed by atoms with Crippen molar-refractivity contribution in [3.63, 3.8) is 0 Å². The number of carbonyl (C=O) groups excluding carboxylic acids is 1. The van der Waals surface area contributed by atoms with Gasteiger partial charge in [0.15, 0.2) is 11.5 Å². The molecule has 1 aromatic rings. The number of halogens is 1. The van der Waals surface area contributed by atoms with Gasteiger partial charge in [0.05, 0.1) is 26.2 Å². The van der Waals surface area contributed by atoms with Crippen LogP contribution in [0.3, 0.4) is 0 Å². The standard InChI is InChI=1S/C14H20BrNO4/c1-8(2)12(15)14(17)16-9-6-10(18-3)13(20-5)11(7-9)19-4/h6-8,12H,1-5H3,(H,16,17). The van der Waals surface area contributed by atoms with Crippen molar-refractivity contribution < 1.29 is 19.0 Å². The minimum absolute atomic E-state index is 0.116. The van der Waals surface area contributed by atoms with Gasteiger partial charge in [0.2, 0.25) is 11.7 Å². The Labute approximate surface area is 127 Å². The van der Waals surface area contributed by atoms with Crippen molar-refractivity contribution in [3.8, 4) is 17.2 Å². The SMILES string of the molecule is COc1cc(NC(=O)C(Br)C(C)C)cc(OC)c1OC. The van der Waals surface area contributed by atoms with Crippen molar-refractivity contribution in [1.82, 2.24) is 0 Å². The lowest BCUT2D eigenvalue weighted by Gasteiger charge is -2.17. The van der Waals surface area contributed by atoms with E-state index < -0.39 is 0 Å². The molecule has 6 heteroatoms. The molecule has 0 saturated heterocycles. The second-order valence-corrected chi connectivity index (χ2v) is 5.54. The Kier molecular flexibility index (Phi) is 6.13. The van der Waals surface area contributed by atoms with Crippen LogP contribution in [-0.4, -0.2) is 32.1 Å². The van der Waals surface area contributed by atoms with E-state index in [2.05, 4.69) is 21.2 Å². The summed E-state index contributed by atoms with van der Waals surface area (Å²) in [5.41, 5.74) is 0.592. The molecule has 1 unspecified atom stereocenters. The van der Waals surface area contributed by atoms with Gasteiger partial charge in [0.25, 0.3) is 0 Å². The average molecular weight is 346 g/mol. The van der Waals surface area contributed by atoms with Crippen molar-refractivity contribution >= 4 is 27.5 Å². The molecular weight excluding hydrogens is 326 g/mol. The lowest BCUT2D eigenvalue weighted by atomic mass is 10.1. The Balaban J connectivity index is 3.05. The summed E-state index contributed by atoms with van der Waals surface area (Å²) in [6, 6.07) is 3.39. The maximum Gasteiger partial charge on any atom is 0.238 e. The van der Waals surface area contributed by atoms with Gasteiger partial charge in [-0.3, -0.25) is 4.79 Å². The molecule has 0 fully saturated rings. The van der Waals surface area contributed by atoms with Gasteiger partial charge in [-0.2, -0.15) is 0 Å². The molecular formula is C14H20BrNO4. The highest BCUT2D eigenvalue weighted by molar-refractivity contribution is 9.10. The van der Waals surface area contributed by atoms with E-state index in [9.17, 15) is 4.79 Å². The van der Waals surface area contributed by atoms with Crippen LogP contribution in [0, 0.1) is 5.92 Å². The highest BCUT2D eigenvalue weighted by atomic mass is 79.9. The molecule has 0 spiro atoms. The largest absolute Gasteiger partial charge is 0.493 e. The first-order valence-corrected chi connectivity index (χ1v) is 7.11. The summed E-state index contributed by atoms with van der Waals surface area (Å²) in [6.07, 6.45) is 0. The Bertz CT molecular complexity index is 451. The summed E-state index contributed by atoms with van der Waals surface area (Å²) in [6.45, 7) is 3.93. The van der Waals surface area contributed by atoms with Crippen LogP contribution in [0.5, 0.6) is 17.2 Å². The minimum Gasteiger partial charge on any atom is -0.493 e. The highest BCUT2D eigenvalue weighted by Crippen LogP contribution is 2.40. The van der Waals surface area contributed by atoms with Crippen molar-refractivity contribution in [2.75, 3.05) is 26.6 Å². The molecule has 0 radical (unpaired) electrons. The van der Waals surface area contributed by atoms with Gasteiger partial charge in [0, 0.05) is 17.8 Å². The van der Waals surface area contributed by atoms with Gasteiger partial charge in [0.1, 0.15) is 0 Å². The van der Waals surface area contributed by atoms with E-state index in [4.69, 9.17) is 14.2 Å². The van der Waals surface area contributed by atoms with Gasteiger partial charge in [-0.25, -0.2) is 0 Å². The molecule has 1 amide bonds. The predicted octanol–water partition coefficient (Wildman–Crippen LogP) is 3.07. The first-order valence-electron chi connectivity index (χ1n) is 6.19. The van der Waals surface area contributed by atoms with Gasteiger partial charge in [-0.1, -0.05) is 29.8 Å². The number of methoxy groups -OCH3 is 3. The fourth-order valence-corrected chi connectivity index (χ4v) is 1.78. The van der Waals surface area contributed by atoms with Gasteiger partial charge >= 0.3 is 0 Å². The summed E-state index contributed by atoms with van der Waals surface area (Å²) >= 11 is 3.37. The van der Waals surface area contributed by atoms with Crippen LogP contribution in [0.1, 0.15) is 13.8 Å². The van der Waals surface area contributed by atoms with Crippen molar-refractivity contribution in [1.29, 1.82) is 0 Å². The summed E-state index contributed by atoms with van der Waals surface area (Å²) in [5, 5.41) is 2.82. The lowest BCUT2D eigenvalue weighted by Crippen LogP contribution is -2.27. The number of benzene rings is 1. The number of carbonyl (C=O) groups is 1. The minimum atomic E-state index is -0.262. The molecule has 0 saturated carbocycles. The summed E-state index contributed by atoms with van der Waals surface area (Å²) < 4.78 is 15.7. The number of ether oxygens (including phenoxy) is 3. The van der Waals surface area contributed by atoms with Crippen LogP contribution in [0.15, 0.2) is 12.1 Å². The number of anilines is 1. The van der Waals surface area contributed by atoms with Gasteiger partial charge in [-0.15, -0.1) is 0 Å². The normalized spacial score (nSPS) is 11.9. The van der Waals surface area contributed by atoms with E-state index >= 15 is 0 Å². The fraction of sp³-hybridized carbons (Fsp3) is 0.500. The zero-order valence-electron chi connectivity index (χ0n) is 12.3. The van der Waals surface area contributed by atoms with E-state index in [0.717, 1.165) is 0 Å². The molecule has 1 rings (SSSR count). The first-order chi connectivity index (χ1) is 9.44. The second-order valence-electron chi connectivity index (χ2n) is 4.55. The van der Waals surface area contributed by atoms with E-state index in [1.54, 1.807) is 12.1 Å². The van der Waals surface area contributed by atoms with E-state index in [1.807, 2.05) is 13.8 Å². The molecule has 0 heterocycles. The van der Waals surface area contributed by atoms with Gasteiger partial charge in [-0.05, 0) is 5.92 Å². The first kappa shape index (κ1) is 16.6. The van der Waals surface area contributed by atoms with Crippen molar-refractivity contribution in [2.45, 2.75) is 18.7 Å². The zero-order valence-corrected chi connectivity index (χ0v) is 13.9. The molecule has 0 aliphatic rings. The Morgan fingerprint density at radius 3 is 1.95 bits per heavy atom. The van der Waals surface area contributed by atoms with Crippen molar-refractivity contribution in [3.05, 3.63) is 12.1 Å². The second kappa shape index (κ2) is 7.38. The quantitative estimate of drug-likeness (QED) is 0.805. The summed E-state index contributed by atoms with van der Waals surface area (Å²) in [5.74, 6) is 1.56. The Morgan fingerprint density at radius 2 is 1.60 bits per heavy atom. The molecule has 112 valence electrons. The highest BCUT2D eigenvalue weighted by Gasteiger charge is 2.20. The number of alkyl halides is 1. The monoisotopic (exact) mass is 345 g/mol. The topological polar surface area (TPSA) is 56.8 Å². The predicted molar refractivity (Wildman–Crippen MR) is 82.3 cm³/mol. The van der Waals surface area contributed by atoms with Crippen LogP contribution >= 0.6 is 15.9 Å². The number of hydrogen-bond acceptors (Lipinski definition) is 4. The third-order valence-electron chi connectivity index (χ3n) is 2.77. The molecule has 0 bridgehead atoms. The van der Waals surface area contributed by atoms with Crippen LogP contribution < -0.4 is 19.5 Å². The third-order valence-corrected chi connectivity index (χ3v) is 4.24. The zero-order chi connectivity index (χ0) is 15.3. The maximum atomic E-state index is 12.0. The van der Waals surface area contributed by atoms with Gasteiger partial charge < -0.3 is 19.5 Å². The Hall–Kier alpha value is -1.43. The molecule has 0 aliphatic heterocycles. The molecule has 1 N–H and O–H groups in total. The van der Waals surface area contributed by atoms with E-state index in [-0.39, 0.29) is 16.7 Å². The van der Waals surface area contributed by atoms with Crippen molar-refractivity contribution in [2.24, 2.45) is 5.92 Å². The van der Waals surface area contributed by atoms with Crippen LogP contribution in [0.25, 0.3) is 0 Å². The van der Waals surface area contributed by atoms with E-state index in [0.29, 0.717) is 22.9 Å². The number of nitrogens with one attached hydrogen (secondary N) is 1. The molecule has 20 heavy (non-hydrogen) atoms. The molecule has 1 aromatic carbocycles. The molecule has 1 atom stereocenters. The van der Waals surface area contributed by atoms with Crippen LogP contribution in [-0.2, 0) is 4.79 Å². The molecule has 0 aliphatic carbocycles. The molecule has 5 nitrogen and oxygen atoms in total. The van der Waals surface area contributed by atoms with Crippen LogP contribution in [0.2, 0.25) is 0 Å². The third kappa shape index (κ3) is 3.79.